The smallest absolute Gasteiger partial charge is 0.240 e. The van der Waals surface area contributed by atoms with Gasteiger partial charge in [-0.1, -0.05) is 5.16 Å². The topological polar surface area (TPSA) is 107 Å². The minimum atomic E-state index is -0.416. The third-order valence-electron chi connectivity index (χ3n) is 3.74. The molecule has 2 aliphatic rings. The number of hydrogen-bond acceptors (Lipinski definition) is 7. The first kappa shape index (κ1) is 13.5. The van der Waals surface area contributed by atoms with Crippen LogP contribution in [0.1, 0.15) is 30.7 Å². The van der Waals surface area contributed by atoms with Gasteiger partial charge >= 0.3 is 0 Å². The maximum absolute atomic E-state index is 10.6. The van der Waals surface area contributed by atoms with E-state index in [1.54, 1.807) is 0 Å². The predicted octanol–water partition coefficient (Wildman–Crippen LogP) is -0.820. The summed E-state index contributed by atoms with van der Waals surface area (Å²) >= 11 is 0. The predicted molar refractivity (Wildman–Crippen MR) is 68.5 cm³/mol. The minimum absolute atomic E-state index is 0.0904. The number of morpholine rings is 1. The van der Waals surface area contributed by atoms with Crippen LogP contribution in [0.5, 0.6) is 0 Å². The summed E-state index contributed by atoms with van der Waals surface area (Å²) in [6, 6.07) is 0.551. The molecule has 0 saturated carbocycles. The van der Waals surface area contributed by atoms with Gasteiger partial charge in [-0.25, -0.2) is 0 Å². The molecule has 1 aromatic rings. The van der Waals surface area contributed by atoms with Crippen molar-refractivity contribution < 1.29 is 14.1 Å². The Bertz CT molecular complexity index is 477. The second kappa shape index (κ2) is 5.86. The van der Waals surface area contributed by atoms with Crippen molar-refractivity contribution in [1.29, 1.82) is 0 Å². The van der Waals surface area contributed by atoms with Gasteiger partial charge in [-0.2, -0.15) is 4.98 Å². The molecule has 2 fully saturated rings. The summed E-state index contributed by atoms with van der Waals surface area (Å²) in [6.07, 6.45) is 2.31. The molecule has 2 saturated heterocycles. The quantitative estimate of drug-likeness (QED) is 0.726. The van der Waals surface area contributed by atoms with Crippen LogP contribution in [0.3, 0.4) is 0 Å². The first-order chi connectivity index (χ1) is 9.72. The largest absolute Gasteiger partial charge is 0.369 e. The van der Waals surface area contributed by atoms with Gasteiger partial charge in [0.05, 0.1) is 19.7 Å². The van der Waals surface area contributed by atoms with Gasteiger partial charge in [-0.3, -0.25) is 15.0 Å². The van der Waals surface area contributed by atoms with Crippen molar-refractivity contribution in [3.05, 3.63) is 11.7 Å². The molecule has 0 bridgehead atoms. The zero-order valence-electron chi connectivity index (χ0n) is 11.2. The number of nitrogens with two attached hydrogens (primary N) is 1. The Hall–Kier alpha value is -1.51. The molecule has 0 aliphatic carbocycles. The lowest BCUT2D eigenvalue weighted by Crippen LogP contribution is -2.42. The number of primary amides is 1. The fourth-order valence-electron chi connectivity index (χ4n) is 2.74. The Kier molecular flexibility index (Phi) is 3.95. The van der Waals surface area contributed by atoms with Gasteiger partial charge in [0.2, 0.25) is 17.6 Å². The highest BCUT2D eigenvalue weighted by molar-refractivity contribution is 5.75. The number of amides is 1. The molecule has 3 heterocycles. The van der Waals surface area contributed by atoms with E-state index < -0.39 is 5.91 Å². The molecule has 1 aromatic heterocycles. The van der Waals surface area contributed by atoms with Gasteiger partial charge in [0.15, 0.2) is 0 Å². The molecule has 0 aromatic carbocycles. The van der Waals surface area contributed by atoms with Crippen LogP contribution in [0.25, 0.3) is 0 Å². The minimum Gasteiger partial charge on any atom is -0.369 e. The van der Waals surface area contributed by atoms with E-state index in [9.17, 15) is 4.79 Å². The average Bonchev–Trinajstić information content (AvgIpc) is 3.05. The molecule has 3 rings (SSSR count). The first-order valence-corrected chi connectivity index (χ1v) is 6.89. The highest BCUT2D eigenvalue weighted by Gasteiger charge is 2.34. The van der Waals surface area contributed by atoms with E-state index in [0.717, 1.165) is 19.7 Å². The average molecular weight is 281 g/mol. The van der Waals surface area contributed by atoms with Crippen molar-refractivity contribution in [1.82, 2.24) is 20.4 Å². The number of nitrogens with zero attached hydrogens (tertiary/aromatic N) is 3. The van der Waals surface area contributed by atoms with Crippen LogP contribution in [-0.2, 0) is 16.1 Å². The lowest BCUT2D eigenvalue weighted by Gasteiger charge is -2.33. The monoisotopic (exact) mass is 281 g/mol. The number of aromatic nitrogens is 2. The van der Waals surface area contributed by atoms with Crippen LogP contribution in [0, 0.1) is 0 Å². The highest BCUT2D eigenvalue weighted by atomic mass is 16.5. The van der Waals surface area contributed by atoms with Crippen LogP contribution < -0.4 is 11.1 Å². The van der Waals surface area contributed by atoms with Crippen molar-refractivity contribution >= 4 is 5.91 Å². The molecule has 8 heteroatoms. The molecule has 2 aliphatic heterocycles. The summed E-state index contributed by atoms with van der Waals surface area (Å²) in [6.45, 7) is 3.09. The van der Waals surface area contributed by atoms with Crippen molar-refractivity contribution in [2.24, 2.45) is 5.73 Å². The molecule has 8 nitrogen and oxygen atoms in total. The molecule has 20 heavy (non-hydrogen) atoms. The first-order valence-electron chi connectivity index (χ1n) is 6.89. The molecule has 0 radical (unpaired) electrons. The summed E-state index contributed by atoms with van der Waals surface area (Å²) in [7, 11) is 0. The molecule has 2 unspecified atom stereocenters. The van der Waals surface area contributed by atoms with Crippen molar-refractivity contribution in [3.63, 3.8) is 0 Å². The van der Waals surface area contributed by atoms with Gasteiger partial charge < -0.3 is 15.0 Å². The van der Waals surface area contributed by atoms with Crippen LogP contribution in [0.4, 0.5) is 0 Å². The lowest BCUT2D eigenvalue weighted by molar-refractivity contribution is -0.117. The number of hydrogen-bond donors (Lipinski definition) is 2. The Morgan fingerprint density at radius 1 is 1.55 bits per heavy atom. The van der Waals surface area contributed by atoms with Gasteiger partial charge in [-0.05, 0) is 19.4 Å². The Balaban J connectivity index is 1.55. The molecular weight excluding hydrogens is 262 g/mol. The summed E-state index contributed by atoms with van der Waals surface area (Å²) < 4.78 is 10.9. The normalized spacial score (nSPS) is 26.6. The summed E-state index contributed by atoms with van der Waals surface area (Å²) in [4.78, 5) is 17.3. The third kappa shape index (κ3) is 2.97. The van der Waals surface area contributed by atoms with E-state index in [4.69, 9.17) is 15.0 Å². The van der Waals surface area contributed by atoms with Crippen molar-refractivity contribution in [3.8, 4) is 0 Å². The van der Waals surface area contributed by atoms with Crippen LogP contribution in [0.15, 0.2) is 4.52 Å². The third-order valence-corrected chi connectivity index (χ3v) is 3.74. The van der Waals surface area contributed by atoms with Crippen LogP contribution in [-0.4, -0.2) is 53.2 Å². The van der Waals surface area contributed by atoms with E-state index in [0.29, 0.717) is 24.3 Å². The van der Waals surface area contributed by atoms with Crippen LogP contribution in [0.2, 0.25) is 0 Å². The Morgan fingerprint density at radius 3 is 3.30 bits per heavy atom. The second-order valence-electron chi connectivity index (χ2n) is 5.23. The molecular formula is C12H19N5O3. The fourth-order valence-corrected chi connectivity index (χ4v) is 2.74. The number of fused-ring (bicyclic) bond motifs is 1. The van der Waals surface area contributed by atoms with Crippen molar-refractivity contribution in [2.75, 3.05) is 26.2 Å². The molecule has 1 amide bonds. The van der Waals surface area contributed by atoms with Crippen LogP contribution >= 0.6 is 0 Å². The molecule has 3 N–H and O–H groups in total. The second-order valence-corrected chi connectivity index (χ2v) is 5.23. The molecule has 0 spiro atoms. The van der Waals surface area contributed by atoms with Gasteiger partial charge in [0, 0.05) is 12.6 Å². The maximum atomic E-state index is 10.6. The maximum Gasteiger partial charge on any atom is 0.240 e. The summed E-state index contributed by atoms with van der Waals surface area (Å²) in [5.41, 5.74) is 5.03. The summed E-state index contributed by atoms with van der Waals surface area (Å²) in [5, 5.41) is 6.79. The van der Waals surface area contributed by atoms with E-state index in [1.807, 2.05) is 0 Å². The number of carbonyl (C=O) groups excluding carboxylic acids is 1. The standard InChI is InChI=1S/C12H19N5O3/c13-10(18)4-14-5-11-15-12(16-20-11)9-6-17-3-1-2-8(17)7-19-9/h8-9,14H,1-7H2,(H2,13,18). The number of rotatable bonds is 5. The van der Waals surface area contributed by atoms with Gasteiger partial charge in [0.25, 0.3) is 0 Å². The number of carbonyl (C=O) groups is 1. The van der Waals surface area contributed by atoms with Gasteiger partial charge in [0.1, 0.15) is 6.10 Å². The Morgan fingerprint density at radius 2 is 2.45 bits per heavy atom. The SMILES string of the molecule is NC(=O)CNCc1nc(C2CN3CCCC3CO2)no1. The van der Waals surface area contributed by atoms with E-state index >= 15 is 0 Å². The van der Waals surface area contributed by atoms with E-state index in [-0.39, 0.29) is 12.6 Å². The van der Waals surface area contributed by atoms with Gasteiger partial charge in [-0.15, -0.1) is 0 Å². The highest BCUT2D eigenvalue weighted by Crippen LogP contribution is 2.28. The lowest BCUT2D eigenvalue weighted by atomic mass is 10.2. The van der Waals surface area contributed by atoms with E-state index in [2.05, 4.69) is 20.4 Å². The van der Waals surface area contributed by atoms with Crippen molar-refractivity contribution in [2.45, 2.75) is 31.5 Å². The zero-order chi connectivity index (χ0) is 13.9. The molecule has 110 valence electrons. The zero-order valence-corrected chi connectivity index (χ0v) is 11.2. The fraction of sp³-hybridized carbons (Fsp3) is 0.750. The Labute approximate surface area is 116 Å². The van der Waals surface area contributed by atoms with E-state index in [1.165, 1.54) is 12.8 Å². The number of nitrogens with one attached hydrogen (secondary N) is 1. The molecule has 2 atom stereocenters. The number of ether oxygens (including phenoxy) is 1. The summed E-state index contributed by atoms with van der Waals surface area (Å²) in [5.74, 6) is 0.597.